The Balaban J connectivity index is 2.04. The molecule has 0 radical (unpaired) electrons. The van der Waals surface area contributed by atoms with E-state index in [1.54, 1.807) is 16.3 Å². The van der Waals surface area contributed by atoms with Gasteiger partial charge in [0.15, 0.2) is 5.16 Å². The topological polar surface area (TPSA) is 34.9 Å². The molecular formula is C14H13ClN2OS. The SMILES string of the molecule is Cc1nc2n(c(=O)c1Cc1cccc(Cl)c1)CCS2. The predicted molar refractivity (Wildman–Crippen MR) is 78.2 cm³/mol. The minimum Gasteiger partial charge on any atom is -0.287 e. The summed E-state index contributed by atoms with van der Waals surface area (Å²) in [5.41, 5.74) is 2.73. The molecule has 0 N–H and O–H groups in total. The molecular weight excluding hydrogens is 280 g/mol. The van der Waals surface area contributed by atoms with E-state index in [1.807, 2.05) is 31.2 Å². The summed E-state index contributed by atoms with van der Waals surface area (Å²) in [7, 11) is 0. The first-order valence-electron chi connectivity index (χ1n) is 6.13. The number of benzene rings is 1. The monoisotopic (exact) mass is 292 g/mol. The molecule has 1 aromatic carbocycles. The molecule has 0 aliphatic carbocycles. The molecule has 3 nitrogen and oxygen atoms in total. The van der Waals surface area contributed by atoms with Crippen LogP contribution in [0.25, 0.3) is 0 Å². The molecule has 0 saturated heterocycles. The third kappa shape index (κ3) is 2.42. The molecule has 3 rings (SSSR count). The van der Waals surface area contributed by atoms with Crippen LogP contribution in [0.3, 0.4) is 0 Å². The molecule has 0 amide bonds. The molecule has 0 atom stereocenters. The lowest BCUT2D eigenvalue weighted by atomic mass is 10.1. The molecule has 0 spiro atoms. The number of hydrogen-bond acceptors (Lipinski definition) is 3. The molecule has 1 aliphatic heterocycles. The summed E-state index contributed by atoms with van der Waals surface area (Å²) >= 11 is 7.63. The third-order valence-electron chi connectivity index (χ3n) is 3.25. The van der Waals surface area contributed by atoms with E-state index < -0.39 is 0 Å². The Labute approximate surface area is 120 Å². The molecule has 0 saturated carbocycles. The van der Waals surface area contributed by atoms with Crippen LogP contribution in [0.15, 0.2) is 34.2 Å². The van der Waals surface area contributed by atoms with Crippen molar-refractivity contribution in [3.05, 3.63) is 56.5 Å². The fourth-order valence-corrected chi connectivity index (χ4v) is 3.47. The summed E-state index contributed by atoms with van der Waals surface area (Å²) in [5.74, 6) is 0.933. The normalized spacial score (nSPS) is 13.6. The largest absolute Gasteiger partial charge is 0.287 e. The average Bonchev–Trinajstić information content (AvgIpc) is 2.83. The highest BCUT2D eigenvalue weighted by Crippen LogP contribution is 2.23. The number of halogens is 1. The lowest BCUT2D eigenvalue weighted by Crippen LogP contribution is -2.25. The Kier molecular flexibility index (Phi) is 3.37. The molecule has 0 fully saturated rings. The average molecular weight is 293 g/mol. The van der Waals surface area contributed by atoms with Gasteiger partial charge in [-0.15, -0.1) is 0 Å². The van der Waals surface area contributed by atoms with Crippen LogP contribution < -0.4 is 5.56 Å². The van der Waals surface area contributed by atoms with Gasteiger partial charge in [0, 0.05) is 35.0 Å². The molecule has 0 bridgehead atoms. The van der Waals surface area contributed by atoms with Crippen molar-refractivity contribution in [2.24, 2.45) is 0 Å². The summed E-state index contributed by atoms with van der Waals surface area (Å²) in [6.45, 7) is 2.66. The summed E-state index contributed by atoms with van der Waals surface area (Å²) in [6.07, 6.45) is 0.586. The van der Waals surface area contributed by atoms with Gasteiger partial charge < -0.3 is 0 Å². The van der Waals surface area contributed by atoms with Gasteiger partial charge in [0.1, 0.15) is 0 Å². The summed E-state index contributed by atoms with van der Waals surface area (Å²) < 4.78 is 1.78. The Morgan fingerprint density at radius 2 is 2.32 bits per heavy atom. The minimum atomic E-state index is 0.0903. The maximum atomic E-state index is 12.4. The van der Waals surface area contributed by atoms with Crippen molar-refractivity contribution < 1.29 is 0 Å². The first-order chi connectivity index (χ1) is 9.15. The van der Waals surface area contributed by atoms with Crippen LogP contribution in [0.2, 0.25) is 5.02 Å². The lowest BCUT2D eigenvalue weighted by molar-refractivity contribution is 0.638. The van der Waals surface area contributed by atoms with Gasteiger partial charge in [-0.25, -0.2) is 4.98 Å². The van der Waals surface area contributed by atoms with E-state index in [1.165, 1.54) is 0 Å². The smallest absolute Gasteiger partial charge is 0.257 e. The van der Waals surface area contributed by atoms with Gasteiger partial charge in [-0.3, -0.25) is 9.36 Å². The first kappa shape index (κ1) is 12.8. The van der Waals surface area contributed by atoms with Gasteiger partial charge in [-0.2, -0.15) is 0 Å². The maximum absolute atomic E-state index is 12.4. The number of fused-ring (bicyclic) bond motifs is 1. The Morgan fingerprint density at radius 1 is 1.47 bits per heavy atom. The van der Waals surface area contributed by atoms with E-state index >= 15 is 0 Å². The highest BCUT2D eigenvalue weighted by Gasteiger charge is 2.18. The Bertz CT molecular complexity index is 696. The first-order valence-corrected chi connectivity index (χ1v) is 7.49. The van der Waals surface area contributed by atoms with Gasteiger partial charge in [-0.05, 0) is 24.6 Å². The summed E-state index contributed by atoms with van der Waals surface area (Å²) in [6, 6.07) is 7.62. The van der Waals surface area contributed by atoms with Crippen LogP contribution in [0, 0.1) is 6.92 Å². The zero-order chi connectivity index (χ0) is 13.4. The Hall–Kier alpha value is -1.26. The Morgan fingerprint density at radius 3 is 3.11 bits per heavy atom. The highest BCUT2D eigenvalue weighted by atomic mass is 35.5. The van der Waals surface area contributed by atoms with Crippen LogP contribution >= 0.6 is 23.4 Å². The van der Waals surface area contributed by atoms with Gasteiger partial charge in [0.25, 0.3) is 5.56 Å². The number of aryl methyl sites for hydroxylation is 1. The second-order valence-electron chi connectivity index (χ2n) is 4.57. The predicted octanol–water partition coefficient (Wildman–Crippen LogP) is 2.90. The van der Waals surface area contributed by atoms with E-state index in [-0.39, 0.29) is 5.56 Å². The zero-order valence-corrected chi connectivity index (χ0v) is 12.1. The second-order valence-corrected chi connectivity index (χ2v) is 6.07. The van der Waals surface area contributed by atoms with E-state index in [0.717, 1.165) is 34.3 Å². The highest BCUT2D eigenvalue weighted by molar-refractivity contribution is 7.99. The van der Waals surface area contributed by atoms with Crippen LogP contribution in [-0.2, 0) is 13.0 Å². The fraction of sp³-hybridized carbons (Fsp3) is 0.286. The minimum absolute atomic E-state index is 0.0903. The second kappa shape index (κ2) is 5.02. The number of aromatic nitrogens is 2. The van der Waals surface area contributed by atoms with Crippen LogP contribution in [-0.4, -0.2) is 15.3 Å². The third-order valence-corrected chi connectivity index (χ3v) is 4.44. The van der Waals surface area contributed by atoms with Crippen molar-refractivity contribution in [2.45, 2.75) is 25.0 Å². The van der Waals surface area contributed by atoms with Gasteiger partial charge in [-0.1, -0.05) is 35.5 Å². The molecule has 19 heavy (non-hydrogen) atoms. The van der Waals surface area contributed by atoms with Gasteiger partial charge >= 0.3 is 0 Å². The molecule has 98 valence electrons. The number of nitrogens with zero attached hydrogens (tertiary/aromatic N) is 2. The molecule has 1 aliphatic rings. The van der Waals surface area contributed by atoms with Crippen molar-refractivity contribution >= 4 is 23.4 Å². The molecule has 5 heteroatoms. The van der Waals surface area contributed by atoms with Crippen molar-refractivity contribution in [2.75, 3.05) is 5.75 Å². The summed E-state index contributed by atoms with van der Waals surface area (Å²) in [5, 5.41) is 1.54. The van der Waals surface area contributed by atoms with Gasteiger partial charge in [0.2, 0.25) is 0 Å². The van der Waals surface area contributed by atoms with Crippen LogP contribution in [0.4, 0.5) is 0 Å². The molecule has 2 heterocycles. The fourth-order valence-electron chi connectivity index (χ4n) is 2.27. The number of hydrogen-bond donors (Lipinski definition) is 0. The van der Waals surface area contributed by atoms with Crippen LogP contribution in [0.5, 0.6) is 0 Å². The van der Waals surface area contributed by atoms with Crippen molar-refractivity contribution in [3.8, 4) is 0 Å². The molecule has 0 unspecified atom stereocenters. The van der Waals surface area contributed by atoms with Crippen molar-refractivity contribution in [3.63, 3.8) is 0 Å². The number of thioether (sulfide) groups is 1. The maximum Gasteiger partial charge on any atom is 0.257 e. The quantitative estimate of drug-likeness (QED) is 0.798. The van der Waals surface area contributed by atoms with Crippen LogP contribution in [0.1, 0.15) is 16.8 Å². The molecule has 2 aromatic rings. The standard InChI is InChI=1S/C14H13ClN2OS/c1-9-12(8-10-3-2-4-11(15)7-10)13(18)17-5-6-19-14(17)16-9/h2-4,7H,5-6,8H2,1H3. The number of rotatable bonds is 2. The molecule has 1 aromatic heterocycles. The zero-order valence-electron chi connectivity index (χ0n) is 10.5. The van der Waals surface area contributed by atoms with E-state index in [9.17, 15) is 4.79 Å². The van der Waals surface area contributed by atoms with Crippen molar-refractivity contribution in [1.29, 1.82) is 0 Å². The van der Waals surface area contributed by atoms with E-state index in [2.05, 4.69) is 4.98 Å². The van der Waals surface area contributed by atoms with Gasteiger partial charge in [0.05, 0.1) is 0 Å². The van der Waals surface area contributed by atoms with E-state index in [0.29, 0.717) is 11.4 Å². The summed E-state index contributed by atoms with van der Waals surface area (Å²) in [4.78, 5) is 17.0. The van der Waals surface area contributed by atoms with Crippen molar-refractivity contribution in [1.82, 2.24) is 9.55 Å². The van der Waals surface area contributed by atoms with E-state index in [4.69, 9.17) is 11.6 Å². The lowest BCUT2D eigenvalue weighted by Gasteiger charge is -2.09.